The van der Waals surface area contributed by atoms with Crippen LogP contribution in [0.2, 0.25) is 5.02 Å². The maximum absolute atomic E-state index is 7.76. The van der Waals surface area contributed by atoms with Crippen LogP contribution < -0.4 is 11.1 Å². The molecular weight excluding hydrogens is 308 g/mol. The average Bonchev–Trinajstić information content (AvgIpc) is 2.98. The zero-order valence-corrected chi connectivity index (χ0v) is 14.4. The van der Waals surface area contributed by atoms with E-state index in [1.807, 2.05) is 40.9 Å². The molecule has 0 amide bonds. The van der Waals surface area contributed by atoms with Gasteiger partial charge in [0.15, 0.2) is 0 Å². The fourth-order valence-corrected chi connectivity index (χ4v) is 2.08. The number of nitrogens with one attached hydrogen (secondary N) is 1. The summed E-state index contributed by atoms with van der Waals surface area (Å²) in [4.78, 5) is 0. The van der Waals surface area contributed by atoms with Crippen LogP contribution in [0.1, 0.15) is 5.56 Å². The molecule has 0 bridgehead atoms. The Bertz CT molecular complexity index is 517. The van der Waals surface area contributed by atoms with Crippen molar-refractivity contribution in [3.63, 3.8) is 0 Å². The van der Waals surface area contributed by atoms with Crippen LogP contribution in [0.15, 0.2) is 30.6 Å². The second kappa shape index (κ2) is 11.6. The summed E-state index contributed by atoms with van der Waals surface area (Å²) in [6, 6.07) is 5.90. The quantitative estimate of drug-likeness (QED) is 0.753. The van der Waals surface area contributed by atoms with Crippen LogP contribution in [0.25, 0.3) is 11.1 Å². The summed E-state index contributed by atoms with van der Waals surface area (Å²) >= 11 is 7.48. The number of aryl methyl sites for hydroxylation is 1. The normalized spacial score (nSPS) is 9.29. The summed E-state index contributed by atoms with van der Waals surface area (Å²) in [6.45, 7) is 2.12. The van der Waals surface area contributed by atoms with Gasteiger partial charge in [-0.2, -0.15) is 5.10 Å². The summed E-state index contributed by atoms with van der Waals surface area (Å²) < 4.78 is 1.84. The molecule has 1 aromatic heterocycles. The number of benzene rings is 1. The van der Waals surface area contributed by atoms with Gasteiger partial charge in [-0.05, 0) is 56.2 Å². The van der Waals surface area contributed by atoms with Crippen LogP contribution in [-0.2, 0) is 0 Å². The molecule has 4 N–H and O–H groups in total. The zero-order valence-electron chi connectivity index (χ0n) is 12.8. The van der Waals surface area contributed by atoms with E-state index in [9.17, 15) is 0 Å². The lowest BCUT2D eigenvalue weighted by atomic mass is 10.0. The molecular formula is C14H23ClN4OS. The maximum Gasteiger partial charge on any atom is 0.0929 e. The van der Waals surface area contributed by atoms with Gasteiger partial charge in [0.05, 0.1) is 12.9 Å². The topological polar surface area (TPSA) is 76.1 Å². The Morgan fingerprint density at radius 1 is 1.43 bits per heavy atom. The van der Waals surface area contributed by atoms with Crippen molar-refractivity contribution in [1.82, 2.24) is 14.5 Å². The minimum Gasteiger partial charge on any atom is -0.381 e. The molecule has 0 unspecified atom stereocenters. The predicted octanol–water partition coefficient (Wildman–Crippen LogP) is 2.37. The van der Waals surface area contributed by atoms with Gasteiger partial charge in [-0.15, -0.1) is 0 Å². The van der Waals surface area contributed by atoms with Crippen LogP contribution in [0.5, 0.6) is 0 Å². The van der Waals surface area contributed by atoms with E-state index in [2.05, 4.69) is 23.1 Å². The molecule has 1 aromatic carbocycles. The van der Waals surface area contributed by atoms with Crippen molar-refractivity contribution in [1.29, 1.82) is 0 Å². The number of aliphatic hydroxyl groups excluding tert-OH is 1. The van der Waals surface area contributed by atoms with Gasteiger partial charge in [0, 0.05) is 23.0 Å². The van der Waals surface area contributed by atoms with E-state index < -0.39 is 0 Å². The standard InChI is InChI=1S/C11H11ClN2S.C2H7NO.CH5N/c1-8-5-10(12)3-4-11(8)9-6-13-14(7-9)15-2;1-3-2-4;1-2/h3-7H,1-2H3;3-4H,2H2,1H3;2H2,1H3. The van der Waals surface area contributed by atoms with Crippen LogP contribution in [0.4, 0.5) is 0 Å². The summed E-state index contributed by atoms with van der Waals surface area (Å²) in [7, 11) is 3.18. The second-order valence-corrected chi connectivity index (χ2v) is 4.96. The summed E-state index contributed by atoms with van der Waals surface area (Å²) in [5.74, 6) is 0. The van der Waals surface area contributed by atoms with Crippen LogP contribution in [-0.4, -0.2) is 41.4 Å². The first-order chi connectivity index (χ1) is 10.1. The summed E-state index contributed by atoms with van der Waals surface area (Å²) in [5, 5.41) is 15.2. The molecule has 0 aliphatic rings. The molecule has 0 saturated carbocycles. The fourth-order valence-electron chi connectivity index (χ4n) is 1.49. The molecule has 0 aliphatic carbocycles. The first kappa shape index (κ1) is 19.9. The van der Waals surface area contributed by atoms with E-state index in [0.29, 0.717) is 0 Å². The second-order valence-electron chi connectivity index (χ2n) is 3.79. The number of rotatable bonds is 3. The number of hydrogen-bond acceptors (Lipinski definition) is 5. The Kier molecular flexibility index (Phi) is 11.0. The highest BCUT2D eigenvalue weighted by atomic mass is 35.5. The fraction of sp³-hybridized carbons (Fsp3) is 0.357. The molecule has 7 heteroatoms. The molecule has 5 nitrogen and oxygen atoms in total. The number of nitrogens with two attached hydrogens (primary N) is 1. The largest absolute Gasteiger partial charge is 0.381 e. The minimum atomic E-state index is 0.0694. The molecule has 0 aliphatic heterocycles. The molecule has 118 valence electrons. The van der Waals surface area contributed by atoms with Crippen molar-refractivity contribution in [3.05, 3.63) is 41.2 Å². The molecule has 2 aromatic rings. The van der Waals surface area contributed by atoms with E-state index >= 15 is 0 Å². The molecule has 21 heavy (non-hydrogen) atoms. The van der Waals surface area contributed by atoms with Crippen molar-refractivity contribution in [2.45, 2.75) is 6.92 Å². The molecule has 0 atom stereocenters. The smallest absolute Gasteiger partial charge is 0.0929 e. The van der Waals surface area contributed by atoms with Gasteiger partial charge in [0.2, 0.25) is 0 Å². The Morgan fingerprint density at radius 3 is 2.48 bits per heavy atom. The number of aliphatic hydroxyl groups is 1. The van der Waals surface area contributed by atoms with Gasteiger partial charge in [0.25, 0.3) is 0 Å². The third-order valence-corrected chi connectivity index (χ3v) is 3.21. The number of nitrogens with zero attached hydrogens (tertiary/aromatic N) is 2. The monoisotopic (exact) mass is 330 g/mol. The van der Waals surface area contributed by atoms with E-state index in [1.165, 1.54) is 18.2 Å². The van der Waals surface area contributed by atoms with Gasteiger partial charge < -0.3 is 10.8 Å². The van der Waals surface area contributed by atoms with Crippen molar-refractivity contribution in [2.24, 2.45) is 5.73 Å². The van der Waals surface area contributed by atoms with Crippen LogP contribution in [0.3, 0.4) is 0 Å². The number of aromatic nitrogens is 2. The van der Waals surface area contributed by atoms with Crippen LogP contribution >= 0.6 is 23.5 Å². The molecule has 0 saturated heterocycles. The van der Waals surface area contributed by atoms with E-state index in [0.717, 1.165) is 10.6 Å². The molecule has 0 radical (unpaired) electrons. The lowest BCUT2D eigenvalue weighted by molar-refractivity contribution is 0.273. The zero-order chi connectivity index (χ0) is 16.3. The molecule has 2 rings (SSSR count). The Labute approximate surface area is 135 Å². The van der Waals surface area contributed by atoms with E-state index in [-0.39, 0.29) is 6.73 Å². The highest BCUT2D eigenvalue weighted by Crippen LogP contribution is 2.25. The van der Waals surface area contributed by atoms with Crippen molar-refractivity contribution < 1.29 is 5.11 Å². The Balaban J connectivity index is 0.000000579. The van der Waals surface area contributed by atoms with Gasteiger partial charge in [-0.1, -0.05) is 17.7 Å². The van der Waals surface area contributed by atoms with Gasteiger partial charge in [-0.25, -0.2) is 4.09 Å². The highest BCUT2D eigenvalue weighted by Gasteiger charge is 2.04. The van der Waals surface area contributed by atoms with Crippen molar-refractivity contribution in [3.8, 4) is 11.1 Å². The van der Waals surface area contributed by atoms with Crippen molar-refractivity contribution >= 4 is 23.5 Å². The predicted molar refractivity (Wildman–Crippen MR) is 92.6 cm³/mol. The van der Waals surface area contributed by atoms with Gasteiger partial charge in [0.1, 0.15) is 0 Å². The average molecular weight is 331 g/mol. The number of hydrogen-bond donors (Lipinski definition) is 3. The first-order valence-electron chi connectivity index (χ1n) is 6.31. The SMILES string of the molecule is CN.CNCO.CSn1cc(-c2ccc(Cl)cc2C)cn1. The third-order valence-electron chi connectivity index (χ3n) is 2.40. The molecule has 0 fully saturated rings. The highest BCUT2D eigenvalue weighted by molar-refractivity contribution is 7.97. The van der Waals surface area contributed by atoms with Gasteiger partial charge in [-0.3, -0.25) is 5.32 Å². The minimum absolute atomic E-state index is 0.0694. The Morgan fingerprint density at radius 2 is 2.05 bits per heavy atom. The lowest BCUT2D eigenvalue weighted by Crippen LogP contribution is -2.04. The van der Waals surface area contributed by atoms with Crippen molar-refractivity contribution in [2.75, 3.05) is 27.1 Å². The third kappa shape index (κ3) is 6.97. The first-order valence-corrected chi connectivity index (χ1v) is 7.87. The molecule has 0 spiro atoms. The van der Waals surface area contributed by atoms with E-state index in [4.69, 9.17) is 16.7 Å². The van der Waals surface area contributed by atoms with Gasteiger partial charge >= 0.3 is 0 Å². The van der Waals surface area contributed by atoms with Crippen LogP contribution in [0, 0.1) is 6.92 Å². The lowest BCUT2D eigenvalue weighted by Gasteiger charge is -2.02. The molecule has 1 heterocycles. The maximum atomic E-state index is 7.76. The van der Waals surface area contributed by atoms with E-state index in [1.54, 1.807) is 19.0 Å². The summed E-state index contributed by atoms with van der Waals surface area (Å²) in [5.41, 5.74) is 7.97. The number of halogens is 1. The summed E-state index contributed by atoms with van der Waals surface area (Å²) in [6.07, 6.45) is 5.87. The Hall–Kier alpha value is -1.05.